The number of aliphatic hydroxyl groups is 1. The zero-order chi connectivity index (χ0) is 11.6. The van der Waals surface area contributed by atoms with E-state index in [4.69, 9.17) is 0 Å². The van der Waals surface area contributed by atoms with Crippen LogP contribution in [-0.2, 0) is 15.6 Å². The third kappa shape index (κ3) is 2.99. The number of benzene rings is 1. The van der Waals surface area contributed by atoms with Crippen LogP contribution in [0.25, 0.3) is 0 Å². The van der Waals surface area contributed by atoms with Crippen LogP contribution < -0.4 is 0 Å². The van der Waals surface area contributed by atoms with Crippen molar-refractivity contribution in [3.05, 3.63) is 35.9 Å². The van der Waals surface area contributed by atoms with Crippen LogP contribution in [-0.4, -0.2) is 36.4 Å². The minimum atomic E-state index is -3.02. The van der Waals surface area contributed by atoms with E-state index in [0.717, 1.165) is 11.3 Å². The molecule has 0 aliphatic carbocycles. The van der Waals surface area contributed by atoms with E-state index in [2.05, 4.69) is 0 Å². The molecule has 1 N–H and O–H groups in total. The van der Waals surface area contributed by atoms with E-state index in [-0.39, 0.29) is 16.8 Å². The van der Waals surface area contributed by atoms with Crippen LogP contribution in [0.5, 0.6) is 0 Å². The van der Waals surface area contributed by atoms with Gasteiger partial charge in [-0.1, -0.05) is 30.3 Å². The number of aliphatic hydroxyl groups excluding tert-OH is 1. The maximum Gasteiger partial charge on any atom is 0.154 e. The van der Waals surface area contributed by atoms with Gasteiger partial charge in [-0.2, -0.15) is 0 Å². The summed E-state index contributed by atoms with van der Waals surface area (Å²) in [5.74, 6) is 0.767. The second-order valence-electron chi connectivity index (χ2n) is 3.98. The van der Waals surface area contributed by atoms with Crippen LogP contribution >= 0.6 is 11.8 Å². The van der Waals surface area contributed by atoms with Crippen molar-refractivity contribution in [2.24, 2.45) is 0 Å². The quantitative estimate of drug-likeness (QED) is 0.881. The average Bonchev–Trinajstić information content (AvgIpc) is 2.50. The summed E-state index contributed by atoms with van der Waals surface area (Å²) in [6.45, 7) is 0. The summed E-state index contributed by atoms with van der Waals surface area (Å²) >= 11 is 1.52. The first-order chi connectivity index (χ1) is 7.57. The Morgan fingerprint density at radius 2 is 1.94 bits per heavy atom. The SMILES string of the molecule is O=S1(=O)C[C@@H](O)[C@H](SCc2ccccc2)C1. The summed E-state index contributed by atoms with van der Waals surface area (Å²) in [6, 6.07) is 9.87. The van der Waals surface area contributed by atoms with E-state index >= 15 is 0 Å². The second kappa shape index (κ2) is 4.77. The van der Waals surface area contributed by atoms with Gasteiger partial charge in [0.15, 0.2) is 9.84 Å². The molecule has 5 heteroatoms. The highest BCUT2D eigenvalue weighted by atomic mass is 32.2. The minimum absolute atomic E-state index is 0.0839. The van der Waals surface area contributed by atoms with Gasteiger partial charge in [0, 0.05) is 11.0 Å². The van der Waals surface area contributed by atoms with E-state index < -0.39 is 15.9 Å². The molecule has 3 nitrogen and oxygen atoms in total. The van der Waals surface area contributed by atoms with Crippen molar-refractivity contribution in [1.29, 1.82) is 0 Å². The molecule has 0 spiro atoms. The lowest BCUT2D eigenvalue weighted by atomic mass is 10.2. The molecule has 1 aromatic carbocycles. The molecule has 0 radical (unpaired) electrons. The fourth-order valence-corrected chi connectivity index (χ4v) is 5.39. The van der Waals surface area contributed by atoms with E-state index in [1.54, 1.807) is 0 Å². The third-order valence-electron chi connectivity index (χ3n) is 2.58. The Balaban J connectivity index is 1.92. The molecule has 88 valence electrons. The molecule has 1 aromatic rings. The van der Waals surface area contributed by atoms with Crippen LogP contribution in [0.4, 0.5) is 0 Å². The highest BCUT2D eigenvalue weighted by Crippen LogP contribution is 2.27. The van der Waals surface area contributed by atoms with Crippen molar-refractivity contribution in [3.63, 3.8) is 0 Å². The first kappa shape index (κ1) is 12.0. The average molecular weight is 258 g/mol. The van der Waals surface area contributed by atoms with Gasteiger partial charge >= 0.3 is 0 Å². The Labute approximate surface area is 99.8 Å². The van der Waals surface area contributed by atoms with Gasteiger partial charge in [-0.15, -0.1) is 11.8 Å². The monoisotopic (exact) mass is 258 g/mol. The lowest BCUT2D eigenvalue weighted by Crippen LogP contribution is -2.20. The lowest BCUT2D eigenvalue weighted by Gasteiger charge is -2.11. The summed E-state index contributed by atoms with van der Waals surface area (Å²) in [5.41, 5.74) is 1.16. The molecule has 0 unspecified atom stereocenters. The Hall–Kier alpha value is -0.520. The topological polar surface area (TPSA) is 54.4 Å². The van der Waals surface area contributed by atoms with Gasteiger partial charge in [-0.25, -0.2) is 8.42 Å². The molecular formula is C11H14O3S2. The maximum atomic E-state index is 11.3. The smallest absolute Gasteiger partial charge is 0.154 e. The van der Waals surface area contributed by atoms with Crippen LogP contribution in [0.2, 0.25) is 0 Å². The van der Waals surface area contributed by atoms with Gasteiger partial charge in [0.05, 0.1) is 17.6 Å². The van der Waals surface area contributed by atoms with Crippen LogP contribution in [0, 0.1) is 0 Å². The fourth-order valence-electron chi connectivity index (χ4n) is 1.73. The predicted octanol–water partition coefficient (Wildman–Crippen LogP) is 1.08. The summed E-state index contributed by atoms with van der Waals surface area (Å²) in [5, 5.41) is 9.43. The molecule has 2 atom stereocenters. The van der Waals surface area contributed by atoms with Gasteiger partial charge < -0.3 is 5.11 Å². The molecule has 1 aliphatic rings. The molecule has 1 fully saturated rings. The highest BCUT2D eigenvalue weighted by molar-refractivity contribution is 8.01. The largest absolute Gasteiger partial charge is 0.391 e. The molecule has 2 rings (SSSR count). The Morgan fingerprint density at radius 1 is 1.25 bits per heavy atom. The normalized spacial score (nSPS) is 28.1. The number of hydrogen-bond acceptors (Lipinski definition) is 4. The van der Waals surface area contributed by atoms with E-state index in [9.17, 15) is 13.5 Å². The van der Waals surface area contributed by atoms with Crippen LogP contribution in [0.3, 0.4) is 0 Å². The highest BCUT2D eigenvalue weighted by Gasteiger charge is 2.36. The number of sulfone groups is 1. The Kier molecular flexibility index (Phi) is 3.56. The minimum Gasteiger partial charge on any atom is -0.391 e. The fraction of sp³-hybridized carbons (Fsp3) is 0.455. The summed E-state index contributed by atoms with van der Waals surface area (Å²) in [4.78, 5) is 0. The van der Waals surface area contributed by atoms with Gasteiger partial charge in [-0.3, -0.25) is 0 Å². The molecular weight excluding hydrogens is 244 g/mol. The third-order valence-corrected chi connectivity index (χ3v) is 5.92. The lowest BCUT2D eigenvalue weighted by molar-refractivity contribution is 0.207. The molecule has 0 saturated carbocycles. The Bertz CT molecular complexity index is 442. The number of hydrogen-bond donors (Lipinski definition) is 1. The van der Waals surface area contributed by atoms with Crippen LogP contribution in [0.1, 0.15) is 5.56 Å². The van der Waals surface area contributed by atoms with E-state index in [1.165, 1.54) is 11.8 Å². The van der Waals surface area contributed by atoms with Gasteiger partial charge in [0.2, 0.25) is 0 Å². The van der Waals surface area contributed by atoms with Gasteiger partial charge in [0.1, 0.15) is 0 Å². The van der Waals surface area contributed by atoms with Crippen molar-refractivity contribution < 1.29 is 13.5 Å². The van der Waals surface area contributed by atoms with Gasteiger partial charge in [0.25, 0.3) is 0 Å². The molecule has 0 aromatic heterocycles. The first-order valence-corrected chi connectivity index (χ1v) is 7.98. The zero-order valence-electron chi connectivity index (χ0n) is 8.74. The van der Waals surface area contributed by atoms with Crippen molar-refractivity contribution in [2.75, 3.05) is 11.5 Å². The Morgan fingerprint density at radius 3 is 2.50 bits per heavy atom. The van der Waals surface area contributed by atoms with Crippen molar-refractivity contribution in [1.82, 2.24) is 0 Å². The summed E-state index contributed by atoms with van der Waals surface area (Å²) in [7, 11) is -3.02. The standard InChI is InChI=1S/C11H14O3S2/c12-10-7-16(13,14)8-11(10)15-6-9-4-2-1-3-5-9/h1-5,10-12H,6-8H2/t10-,11-/m1/s1. The molecule has 1 heterocycles. The van der Waals surface area contributed by atoms with E-state index in [1.807, 2.05) is 30.3 Å². The van der Waals surface area contributed by atoms with Crippen molar-refractivity contribution in [2.45, 2.75) is 17.1 Å². The summed E-state index contributed by atoms with van der Waals surface area (Å²) in [6.07, 6.45) is -0.710. The molecule has 1 aliphatic heterocycles. The van der Waals surface area contributed by atoms with Crippen molar-refractivity contribution >= 4 is 21.6 Å². The first-order valence-electron chi connectivity index (χ1n) is 5.11. The number of rotatable bonds is 3. The van der Waals surface area contributed by atoms with Gasteiger partial charge in [-0.05, 0) is 5.56 Å². The molecule has 16 heavy (non-hydrogen) atoms. The van der Waals surface area contributed by atoms with Crippen molar-refractivity contribution in [3.8, 4) is 0 Å². The van der Waals surface area contributed by atoms with E-state index in [0.29, 0.717) is 0 Å². The zero-order valence-corrected chi connectivity index (χ0v) is 10.4. The maximum absolute atomic E-state index is 11.3. The summed E-state index contributed by atoms with van der Waals surface area (Å²) < 4.78 is 22.6. The second-order valence-corrected chi connectivity index (χ2v) is 7.36. The molecule has 1 saturated heterocycles. The molecule has 0 amide bonds. The predicted molar refractivity (Wildman–Crippen MR) is 66.2 cm³/mol. The van der Waals surface area contributed by atoms with Crippen LogP contribution in [0.15, 0.2) is 30.3 Å². The number of thioether (sulfide) groups is 1. The molecule has 0 bridgehead atoms.